The minimum atomic E-state index is -4.78. The van der Waals surface area contributed by atoms with Crippen molar-refractivity contribution in [1.29, 1.82) is 0 Å². The van der Waals surface area contributed by atoms with Crippen molar-refractivity contribution in [2.45, 2.75) is 19.7 Å². The molecule has 0 atom stereocenters. The largest absolute Gasteiger partial charge is 0.573 e. The quantitative estimate of drug-likeness (QED) is 0.781. The molecule has 0 aliphatic carbocycles. The van der Waals surface area contributed by atoms with Crippen LogP contribution in [0.15, 0.2) is 24.3 Å². The van der Waals surface area contributed by atoms with Crippen molar-refractivity contribution in [3.8, 4) is 5.75 Å². The number of amides is 1. The minimum Gasteiger partial charge on any atom is -0.461 e. The van der Waals surface area contributed by atoms with E-state index in [-0.39, 0.29) is 29.5 Å². The Morgan fingerprint density at radius 2 is 1.92 bits per heavy atom. The van der Waals surface area contributed by atoms with Gasteiger partial charge in [0.05, 0.1) is 13.0 Å². The number of carbonyl (C=O) groups is 2. The number of rotatable bonds is 6. The van der Waals surface area contributed by atoms with Crippen LogP contribution in [0, 0.1) is 0 Å². The Bertz CT molecular complexity index is 747. The van der Waals surface area contributed by atoms with E-state index < -0.39 is 18.2 Å². The third-order valence-electron chi connectivity index (χ3n) is 2.73. The second-order valence-corrected chi connectivity index (χ2v) is 5.34. The first-order chi connectivity index (χ1) is 11.8. The average Bonchev–Trinajstić information content (AvgIpc) is 2.96. The number of hydrogen-bond donors (Lipinski definition) is 1. The molecule has 1 aromatic heterocycles. The smallest absolute Gasteiger partial charge is 0.461 e. The number of esters is 1. The van der Waals surface area contributed by atoms with Crippen LogP contribution in [0.1, 0.15) is 23.0 Å². The van der Waals surface area contributed by atoms with Crippen LogP contribution in [-0.2, 0) is 16.0 Å². The number of alkyl halides is 3. The molecule has 1 heterocycles. The van der Waals surface area contributed by atoms with Crippen molar-refractivity contribution in [2.75, 3.05) is 11.9 Å². The Morgan fingerprint density at radius 1 is 1.24 bits per heavy atom. The molecule has 0 radical (unpaired) electrons. The molecule has 1 amide bonds. The Balaban J connectivity index is 1.97. The topological polar surface area (TPSA) is 90.4 Å². The summed E-state index contributed by atoms with van der Waals surface area (Å²) in [4.78, 5) is 23.6. The summed E-state index contributed by atoms with van der Waals surface area (Å²) in [6.07, 6.45) is -4.89. The lowest BCUT2D eigenvalue weighted by atomic mass is 10.1. The third kappa shape index (κ3) is 5.71. The average molecular weight is 375 g/mol. The maximum atomic E-state index is 12.1. The molecule has 0 spiro atoms. The van der Waals surface area contributed by atoms with Gasteiger partial charge in [0.25, 0.3) is 0 Å². The second kappa shape index (κ2) is 7.92. The standard InChI is InChI=1S/C14H12F3N3O4S/c1-2-23-13(22)11-12(25-20-19-11)18-10(21)7-8-3-5-9(6-4-8)24-14(15,16)17/h3-6H,2,7H2,1H3,(H,18,21). The van der Waals surface area contributed by atoms with Gasteiger partial charge in [-0.2, -0.15) is 0 Å². The molecule has 25 heavy (non-hydrogen) atoms. The number of hydrogen-bond acceptors (Lipinski definition) is 7. The first-order valence-corrected chi connectivity index (χ1v) is 7.70. The normalized spacial score (nSPS) is 11.0. The molecule has 1 aromatic carbocycles. The molecule has 7 nitrogen and oxygen atoms in total. The number of nitrogens with one attached hydrogen (secondary N) is 1. The van der Waals surface area contributed by atoms with E-state index in [4.69, 9.17) is 4.74 Å². The second-order valence-electron chi connectivity index (χ2n) is 4.59. The Labute approximate surface area is 143 Å². The van der Waals surface area contributed by atoms with E-state index in [0.29, 0.717) is 5.56 Å². The van der Waals surface area contributed by atoms with Gasteiger partial charge in [-0.15, -0.1) is 18.3 Å². The van der Waals surface area contributed by atoms with Crippen molar-refractivity contribution in [3.05, 3.63) is 35.5 Å². The fraction of sp³-hybridized carbons (Fsp3) is 0.286. The van der Waals surface area contributed by atoms with Crippen molar-refractivity contribution < 1.29 is 32.2 Å². The van der Waals surface area contributed by atoms with Crippen LogP contribution in [0.5, 0.6) is 5.75 Å². The van der Waals surface area contributed by atoms with Crippen LogP contribution in [0.25, 0.3) is 0 Å². The number of carbonyl (C=O) groups excluding carboxylic acids is 2. The maximum absolute atomic E-state index is 12.1. The first-order valence-electron chi connectivity index (χ1n) is 6.92. The molecular weight excluding hydrogens is 363 g/mol. The molecule has 2 rings (SSSR count). The Morgan fingerprint density at radius 3 is 2.52 bits per heavy atom. The highest BCUT2D eigenvalue weighted by Gasteiger charge is 2.31. The zero-order valence-corrected chi connectivity index (χ0v) is 13.6. The summed E-state index contributed by atoms with van der Waals surface area (Å²) < 4.78 is 48.4. The highest BCUT2D eigenvalue weighted by atomic mass is 32.1. The molecule has 0 aliphatic rings. The number of halogens is 3. The lowest BCUT2D eigenvalue weighted by Gasteiger charge is -2.09. The van der Waals surface area contributed by atoms with Crippen molar-refractivity contribution in [3.63, 3.8) is 0 Å². The molecule has 2 aromatic rings. The van der Waals surface area contributed by atoms with Gasteiger partial charge in [0, 0.05) is 11.5 Å². The highest BCUT2D eigenvalue weighted by Crippen LogP contribution is 2.23. The summed E-state index contributed by atoms with van der Waals surface area (Å²) in [7, 11) is 0. The van der Waals surface area contributed by atoms with Crippen molar-refractivity contribution >= 4 is 28.4 Å². The zero-order chi connectivity index (χ0) is 18.4. The molecule has 0 fully saturated rings. The Hall–Kier alpha value is -2.69. The van der Waals surface area contributed by atoms with Gasteiger partial charge in [0.15, 0.2) is 5.00 Å². The number of nitrogens with zero attached hydrogens (tertiary/aromatic N) is 2. The van der Waals surface area contributed by atoms with Gasteiger partial charge in [0.1, 0.15) is 5.75 Å². The summed E-state index contributed by atoms with van der Waals surface area (Å²) in [5.41, 5.74) is 0.358. The third-order valence-corrected chi connectivity index (χ3v) is 3.37. The van der Waals surface area contributed by atoms with Gasteiger partial charge in [-0.1, -0.05) is 16.6 Å². The molecule has 0 saturated carbocycles. The lowest BCUT2D eigenvalue weighted by molar-refractivity contribution is -0.274. The fourth-order valence-corrected chi connectivity index (χ4v) is 2.35. The molecule has 134 valence electrons. The summed E-state index contributed by atoms with van der Waals surface area (Å²) in [6.45, 7) is 1.78. The first kappa shape index (κ1) is 18.6. The molecular formula is C14H12F3N3O4S. The van der Waals surface area contributed by atoms with Gasteiger partial charge in [-0.3, -0.25) is 4.79 Å². The lowest BCUT2D eigenvalue weighted by Crippen LogP contribution is -2.18. The predicted molar refractivity (Wildman–Crippen MR) is 81.3 cm³/mol. The fourth-order valence-electron chi connectivity index (χ4n) is 1.77. The van der Waals surface area contributed by atoms with Crippen LogP contribution in [-0.4, -0.2) is 34.4 Å². The summed E-state index contributed by atoms with van der Waals surface area (Å²) in [5, 5.41) is 6.21. The SMILES string of the molecule is CCOC(=O)c1nnsc1NC(=O)Cc1ccc(OC(F)(F)F)cc1. The van der Waals surface area contributed by atoms with Gasteiger partial charge < -0.3 is 14.8 Å². The molecule has 0 aliphatic heterocycles. The van der Waals surface area contributed by atoms with E-state index in [1.165, 1.54) is 12.1 Å². The van der Waals surface area contributed by atoms with Crippen LogP contribution in [0.4, 0.5) is 18.2 Å². The number of anilines is 1. The van der Waals surface area contributed by atoms with E-state index in [9.17, 15) is 22.8 Å². The van der Waals surface area contributed by atoms with Gasteiger partial charge in [-0.05, 0) is 24.6 Å². The molecule has 1 N–H and O–H groups in total. The number of ether oxygens (including phenoxy) is 2. The number of benzene rings is 1. The minimum absolute atomic E-state index is 0.103. The summed E-state index contributed by atoms with van der Waals surface area (Å²) >= 11 is 0.813. The van der Waals surface area contributed by atoms with Crippen molar-refractivity contribution in [2.24, 2.45) is 0 Å². The molecule has 11 heteroatoms. The predicted octanol–water partition coefficient (Wildman–Crippen LogP) is 2.79. The molecule has 0 unspecified atom stereocenters. The van der Waals surface area contributed by atoms with Crippen LogP contribution >= 0.6 is 11.5 Å². The van der Waals surface area contributed by atoms with E-state index in [1.807, 2.05) is 0 Å². The summed E-state index contributed by atoms with van der Waals surface area (Å²) in [6, 6.07) is 4.87. The van der Waals surface area contributed by atoms with E-state index in [0.717, 1.165) is 23.7 Å². The van der Waals surface area contributed by atoms with Gasteiger partial charge in [-0.25, -0.2) is 4.79 Å². The molecule has 0 bridgehead atoms. The van der Waals surface area contributed by atoms with Crippen LogP contribution in [0.2, 0.25) is 0 Å². The van der Waals surface area contributed by atoms with Crippen LogP contribution in [0.3, 0.4) is 0 Å². The van der Waals surface area contributed by atoms with Crippen molar-refractivity contribution in [1.82, 2.24) is 9.59 Å². The Kier molecular flexibility index (Phi) is 5.91. The maximum Gasteiger partial charge on any atom is 0.573 e. The van der Waals surface area contributed by atoms with Crippen LogP contribution < -0.4 is 10.1 Å². The van der Waals surface area contributed by atoms with E-state index in [2.05, 4.69) is 19.6 Å². The monoisotopic (exact) mass is 375 g/mol. The van der Waals surface area contributed by atoms with Gasteiger partial charge >= 0.3 is 12.3 Å². The van der Waals surface area contributed by atoms with E-state index in [1.54, 1.807) is 6.92 Å². The highest BCUT2D eigenvalue weighted by molar-refractivity contribution is 7.10. The van der Waals surface area contributed by atoms with Gasteiger partial charge in [0.2, 0.25) is 11.6 Å². The summed E-state index contributed by atoms with van der Waals surface area (Å²) in [5.74, 6) is -1.57. The number of aromatic nitrogens is 2. The van der Waals surface area contributed by atoms with E-state index >= 15 is 0 Å². The zero-order valence-electron chi connectivity index (χ0n) is 12.8. The molecule has 0 saturated heterocycles.